The Hall–Kier alpha value is -1.16. The molecule has 2 heterocycles. The number of fused-ring (bicyclic) bond motifs is 1. The zero-order valence-electron chi connectivity index (χ0n) is 8.44. The highest BCUT2D eigenvalue weighted by molar-refractivity contribution is 7.99. The summed E-state index contributed by atoms with van der Waals surface area (Å²) in [7, 11) is 0. The van der Waals surface area contributed by atoms with Gasteiger partial charge in [-0.15, -0.1) is 0 Å². The minimum absolute atomic E-state index is 1.06. The highest BCUT2D eigenvalue weighted by Gasteiger charge is 2.14. The van der Waals surface area contributed by atoms with Crippen LogP contribution in [0.3, 0.4) is 0 Å². The van der Waals surface area contributed by atoms with Gasteiger partial charge in [0.25, 0.3) is 0 Å². The molecule has 0 saturated carbocycles. The molecule has 78 valence electrons. The van der Waals surface area contributed by atoms with Gasteiger partial charge in [-0.1, -0.05) is 6.07 Å². The number of aromatic nitrogens is 2. The van der Waals surface area contributed by atoms with Crippen molar-refractivity contribution in [3.8, 4) is 0 Å². The first-order chi connectivity index (χ1) is 7.45. The third kappa shape index (κ3) is 1.59. The molecule has 3 rings (SSSR count). The van der Waals surface area contributed by atoms with Crippen molar-refractivity contribution in [1.82, 2.24) is 9.97 Å². The Labute approximate surface area is 92.9 Å². The van der Waals surface area contributed by atoms with E-state index < -0.39 is 0 Å². The van der Waals surface area contributed by atoms with Gasteiger partial charge in [-0.05, 0) is 12.1 Å². The van der Waals surface area contributed by atoms with E-state index in [1.807, 2.05) is 17.8 Å². The molecule has 1 aromatic heterocycles. The van der Waals surface area contributed by atoms with Crippen LogP contribution in [-0.4, -0.2) is 34.6 Å². The van der Waals surface area contributed by atoms with E-state index in [0.717, 1.165) is 18.6 Å². The van der Waals surface area contributed by atoms with E-state index >= 15 is 0 Å². The summed E-state index contributed by atoms with van der Waals surface area (Å²) >= 11 is 2.03. The first kappa shape index (κ1) is 9.09. The molecule has 0 bridgehead atoms. The number of hydrogen-bond acceptors (Lipinski definition) is 3. The highest BCUT2D eigenvalue weighted by Crippen LogP contribution is 2.26. The van der Waals surface area contributed by atoms with Crippen molar-refractivity contribution in [3.05, 3.63) is 24.5 Å². The molecule has 1 aliphatic heterocycles. The molecule has 0 atom stereocenters. The molecule has 1 N–H and O–H groups in total. The van der Waals surface area contributed by atoms with Crippen molar-refractivity contribution in [2.24, 2.45) is 0 Å². The summed E-state index contributed by atoms with van der Waals surface area (Å²) in [5.74, 6) is 2.45. The van der Waals surface area contributed by atoms with Gasteiger partial charge >= 0.3 is 0 Å². The Morgan fingerprint density at radius 2 is 2.13 bits per heavy atom. The average Bonchev–Trinajstić information content (AvgIpc) is 2.78. The molecular weight excluding hydrogens is 206 g/mol. The number of rotatable bonds is 1. The molecule has 0 aliphatic carbocycles. The van der Waals surface area contributed by atoms with Gasteiger partial charge in [-0.25, -0.2) is 4.98 Å². The molecule has 2 aromatic rings. The van der Waals surface area contributed by atoms with Crippen LogP contribution in [-0.2, 0) is 0 Å². The fourth-order valence-electron chi connectivity index (χ4n) is 2.02. The molecule has 15 heavy (non-hydrogen) atoms. The van der Waals surface area contributed by atoms with Crippen molar-refractivity contribution < 1.29 is 0 Å². The van der Waals surface area contributed by atoms with Gasteiger partial charge in [-0.3, -0.25) is 0 Å². The van der Waals surface area contributed by atoms with Crippen molar-refractivity contribution >= 4 is 28.5 Å². The first-order valence-corrected chi connectivity index (χ1v) is 6.35. The number of benzene rings is 1. The fourth-order valence-corrected chi connectivity index (χ4v) is 2.92. The maximum absolute atomic E-state index is 4.29. The number of imidazole rings is 1. The lowest BCUT2D eigenvalue weighted by Gasteiger charge is -2.28. The van der Waals surface area contributed by atoms with Crippen molar-refractivity contribution in [1.29, 1.82) is 0 Å². The lowest BCUT2D eigenvalue weighted by Crippen LogP contribution is -2.32. The maximum atomic E-state index is 4.29. The van der Waals surface area contributed by atoms with Gasteiger partial charge in [0, 0.05) is 24.6 Å². The summed E-state index contributed by atoms with van der Waals surface area (Å²) in [4.78, 5) is 9.95. The first-order valence-electron chi connectivity index (χ1n) is 5.20. The summed E-state index contributed by atoms with van der Waals surface area (Å²) in [6.07, 6.45) is 1.77. The number of thioether (sulfide) groups is 1. The normalized spacial score (nSPS) is 17.2. The van der Waals surface area contributed by atoms with Crippen LogP contribution in [0.25, 0.3) is 11.0 Å². The topological polar surface area (TPSA) is 31.9 Å². The summed E-state index contributed by atoms with van der Waals surface area (Å²) in [5, 5.41) is 0. The third-order valence-corrected chi connectivity index (χ3v) is 3.73. The number of hydrogen-bond donors (Lipinski definition) is 1. The molecular formula is C11H13N3S. The Kier molecular flexibility index (Phi) is 2.29. The number of H-pyrrole nitrogens is 1. The maximum Gasteiger partial charge on any atom is 0.0932 e. The molecule has 0 amide bonds. The van der Waals surface area contributed by atoms with E-state index in [4.69, 9.17) is 0 Å². The van der Waals surface area contributed by atoms with Crippen LogP contribution in [0.1, 0.15) is 0 Å². The van der Waals surface area contributed by atoms with Crippen molar-refractivity contribution in [2.75, 3.05) is 29.5 Å². The lowest BCUT2D eigenvalue weighted by molar-refractivity contribution is 0.862. The number of aromatic amines is 1. The van der Waals surface area contributed by atoms with E-state index in [-0.39, 0.29) is 0 Å². The summed E-state index contributed by atoms with van der Waals surface area (Å²) < 4.78 is 0. The molecule has 1 saturated heterocycles. The van der Waals surface area contributed by atoms with Crippen LogP contribution in [0, 0.1) is 0 Å². The molecule has 1 aliphatic rings. The number of nitrogens with one attached hydrogen (secondary N) is 1. The standard InChI is InChI=1S/C11H13N3S/c1-2-9-11(13-8-12-9)10(3-1)14-4-6-15-7-5-14/h1-3,8H,4-7H2,(H,12,13). The van der Waals surface area contributed by atoms with Crippen LogP contribution in [0.15, 0.2) is 24.5 Å². The second-order valence-corrected chi connectivity index (χ2v) is 4.90. The second-order valence-electron chi connectivity index (χ2n) is 3.67. The zero-order chi connectivity index (χ0) is 10.1. The molecule has 3 nitrogen and oxygen atoms in total. The molecule has 0 spiro atoms. The monoisotopic (exact) mass is 219 g/mol. The van der Waals surface area contributed by atoms with Gasteiger partial charge in [0.05, 0.1) is 23.0 Å². The van der Waals surface area contributed by atoms with Gasteiger partial charge < -0.3 is 9.88 Å². The van der Waals surface area contributed by atoms with E-state index in [0.29, 0.717) is 0 Å². The van der Waals surface area contributed by atoms with Crippen molar-refractivity contribution in [2.45, 2.75) is 0 Å². The predicted octanol–water partition coefficient (Wildman–Crippen LogP) is 2.12. The molecule has 0 unspecified atom stereocenters. The third-order valence-electron chi connectivity index (χ3n) is 2.78. The van der Waals surface area contributed by atoms with Crippen LogP contribution < -0.4 is 4.90 Å². The SMILES string of the molecule is c1cc(N2CCSCC2)c2[nH]cnc2c1. The quantitative estimate of drug-likeness (QED) is 0.797. The van der Waals surface area contributed by atoms with Crippen LogP contribution in [0.2, 0.25) is 0 Å². The minimum Gasteiger partial charge on any atom is -0.368 e. The fraction of sp³-hybridized carbons (Fsp3) is 0.364. The van der Waals surface area contributed by atoms with Crippen LogP contribution >= 0.6 is 11.8 Å². The number of anilines is 1. The smallest absolute Gasteiger partial charge is 0.0932 e. The number of para-hydroxylation sites is 1. The van der Waals surface area contributed by atoms with Gasteiger partial charge in [0.2, 0.25) is 0 Å². The zero-order valence-corrected chi connectivity index (χ0v) is 9.26. The average molecular weight is 219 g/mol. The van der Waals surface area contributed by atoms with E-state index in [2.05, 4.69) is 27.0 Å². The number of nitrogens with zero attached hydrogens (tertiary/aromatic N) is 2. The summed E-state index contributed by atoms with van der Waals surface area (Å²) in [6.45, 7) is 2.28. The largest absolute Gasteiger partial charge is 0.368 e. The molecule has 4 heteroatoms. The lowest BCUT2D eigenvalue weighted by atomic mass is 10.2. The summed E-state index contributed by atoms with van der Waals surface area (Å²) in [6, 6.07) is 6.31. The van der Waals surface area contributed by atoms with Crippen LogP contribution in [0.5, 0.6) is 0 Å². The Morgan fingerprint density at radius 3 is 3.00 bits per heavy atom. The van der Waals surface area contributed by atoms with Gasteiger partial charge in [0.15, 0.2) is 0 Å². The van der Waals surface area contributed by atoms with E-state index in [1.54, 1.807) is 6.33 Å². The van der Waals surface area contributed by atoms with Crippen LogP contribution in [0.4, 0.5) is 5.69 Å². The second kappa shape index (κ2) is 3.77. The summed E-state index contributed by atoms with van der Waals surface area (Å²) in [5.41, 5.74) is 3.53. The van der Waals surface area contributed by atoms with E-state index in [9.17, 15) is 0 Å². The Morgan fingerprint density at radius 1 is 1.27 bits per heavy atom. The Balaban J connectivity index is 2.05. The van der Waals surface area contributed by atoms with E-state index in [1.165, 1.54) is 22.7 Å². The highest BCUT2D eigenvalue weighted by atomic mass is 32.2. The minimum atomic E-state index is 1.06. The Bertz CT molecular complexity index is 460. The molecule has 1 fully saturated rings. The van der Waals surface area contributed by atoms with Gasteiger partial charge in [-0.2, -0.15) is 11.8 Å². The van der Waals surface area contributed by atoms with Crippen molar-refractivity contribution in [3.63, 3.8) is 0 Å². The molecule has 1 aromatic carbocycles. The molecule has 0 radical (unpaired) electrons. The predicted molar refractivity (Wildman–Crippen MR) is 65.6 cm³/mol. The van der Waals surface area contributed by atoms with Gasteiger partial charge in [0.1, 0.15) is 0 Å².